The minimum atomic E-state index is -0.367. The molecule has 2 aromatic carbocycles. The summed E-state index contributed by atoms with van der Waals surface area (Å²) in [6, 6.07) is 15.6. The van der Waals surface area contributed by atoms with E-state index in [0.29, 0.717) is 12.2 Å². The number of hydrogen-bond donors (Lipinski definition) is 1. The second-order valence-electron chi connectivity index (χ2n) is 7.38. The van der Waals surface area contributed by atoms with Gasteiger partial charge in [-0.15, -0.1) is 0 Å². The first kappa shape index (κ1) is 19.6. The third-order valence-corrected chi connectivity index (χ3v) is 5.32. The molecule has 1 N–H and O–H groups in total. The van der Waals surface area contributed by atoms with E-state index in [-0.39, 0.29) is 16.9 Å². The van der Waals surface area contributed by atoms with E-state index in [1.54, 1.807) is 6.07 Å². The molecule has 0 atom stereocenters. The van der Waals surface area contributed by atoms with Crippen molar-refractivity contribution >= 4 is 11.6 Å². The molecule has 0 aliphatic heterocycles. The lowest BCUT2D eigenvalue weighted by molar-refractivity contribution is 0.102. The minimum Gasteiger partial charge on any atom is -0.344 e. The maximum Gasteiger partial charge on any atom is 0.261 e. The Morgan fingerprint density at radius 1 is 0.964 bits per heavy atom. The van der Waals surface area contributed by atoms with Crippen molar-refractivity contribution in [3.63, 3.8) is 0 Å². The lowest BCUT2D eigenvalue weighted by atomic mass is 10.1. The van der Waals surface area contributed by atoms with Gasteiger partial charge in [-0.3, -0.25) is 9.59 Å². The molecule has 1 heterocycles. The van der Waals surface area contributed by atoms with Crippen LogP contribution >= 0.6 is 0 Å². The number of aryl methyl sites for hydroxylation is 3. The summed E-state index contributed by atoms with van der Waals surface area (Å²) in [6.45, 7) is 10.4. The fourth-order valence-electron chi connectivity index (χ4n) is 3.38. The summed E-state index contributed by atoms with van der Waals surface area (Å²) in [5, 5.41) is 2.91. The molecular weight excluding hydrogens is 348 g/mol. The number of aromatic nitrogens is 1. The summed E-state index contributed by atoms with van der Waals surface area (Å²) < 4.78 is 2.02. The Morgan fingerprint density at radius 3 is 2.32 bits per heavy atom. The molecule has 0 radical (unpaired) electrons. The molecule has 0 saturated heterocycles. The van der Waals surface area contributed by atoms with E-state index >= 15 is 0 Å². The third-order valence-electron chi connectivity index (χ3n) is 5.32. The molecule has 0 aliphatic rings. The first-order chi connectivity index (χ1) is 13.3. The highest BCUT2D eigenvalue weighted by Gasteiger charge is 2.18. The molecule has 3 rings (SSSR count). The van der Waals surface area contributed by atoms with E-state index in [4.69, 9.17) is 0 Å². The Kier molecular flexibility index (Phi) is 5.50. The van der Waals surface area contributed by atoms with E-state index in [9.17, 15) is 9.59 Å². The molecule has 4 heteroatoms. The van der Waals surface area contributed by atoms with Gasteiger partial charge in [0, 0.05) is 29.7 Å². The number of amides is 1. The predicted molar refractivity (Wildman–Crippen MR) is 114 cm³/mol. The number of carbonyl (C=O) groups excluding carboxylic acids is 1. The maximum absolute atomic E-state index is 13.0. The second kappa shape index (κ2) is 7.85. The van der Waals surface area contributed by atoms with Crippen LogP contribution in [-0.2, 0) is 6.54 Å². The maximum atomic E-state index is 13.0. The molecule has 0 aliphatic carbocycles. The topological polar surface area (TPSA) is 51.1 Å². The minimum absolute atomic E-state index is 0.193. The van der Waals surface area contributed by atoms with Crippen LogP contribution in [0.25, 0.3) is 0 Å². The molecule has 0 saturated carbocycles. The normalized spacial score (nSPS) is 10.8. The first-order valence-electron chi connectivity index (χ1n) is 9.42. The number of nitrogens with zero attached hydrogens (tertiary/aromatic N) is 1. The van der Waals surface area contributed by atoms with Gasteiger partial charge >= 0.3 is 0 Å². The van der Waals surface area contributed by atoms with Crippen LogP contribution < -0.4 is 10.7 Å². The van der Waals surface area contributed by atoms with Crippen LogP contribution in [0.15, 0.2) is 53.3 Å². The monoisotopic (exact) mass is 374 g/mol. The number of carbonyl (C=O) groups is 1. The molecule has 0 unspecified atom stereocenters. The number of nitrogens with one attached hydrogen (secondary N) is 1. The van der Waals surface area contributed by atoms with Gasteiger partial charge in [0.1, 0.15) is 5.56 Å². The standard InChI is InChI=1S/C24H26N2O2/c1-15-9-11-20(12-10-15)14-26-17(3)13-22(27)23(19(26)5)24(28)25-21-8-6-7-16(2)18(21)4/h6-13H,14H2,1-5H3,(H,25,28). The lowest BCUT2D eigenvalue weighted by Crippen LogP contribution is -2.27. The van der Waals surface area contributed by atoms with E-state index in [1.165, 1.54) is 5.56 Å². The largest absolute Gasteiger partial charge is 0.344 e. The molecule has 1 amide bonds. The SMILES string of the molecule is Cc1ccc(Cn2c(C)cc(=O)c(C(=O)Nc3cccc(C)c3C)c2C)cc1. The van der Waals surface area contributed by atoms with Gasteiger partial charge in [-0.25, -0.2) is 0 Å². The van der Waals surface area contributed by atoms with Crippen molar-refractivity contribution in [2.45, 2.75) is 41.2 Å². The zero-order chi connectivity index (χ0) is 20.4. The summed E-state index contributed by atoms with van der Waals surface area (Å²) in [5.74, 6) is -0.367. The van der Waals surface area contributed by atoms with Gasteiger partial charge in [-0.1, -0.05) is 42.0 Å². The molecule has 1 aromatic heterocycles. The van der Waals surface area contributed by atoms with Crippen LogP contribution in [0.1, 0.15) is 44.0 Å². The number of hydrogen-bond acceptors (Lipinski definition) is 2. The number of benzene rings is 2. The Labute approximate surface area is 165 Å². The Bertz CT molecular complexity index is 1090. The summed E-state index contributed by atoms with van der Waals surface area (Å²) in [5.41, 5.74) is 6.61. The summed E-state index contributed by atoms with van der Waals surface area (Å²) in [7, 11) is 0. The number of anilines is 1. The zero-order valence-electron chi connectivity index (χ0n) is 17.1. The van der Waals surface area contributed by atoms with Crippen molar-refractivity contribution in [3.05, 3.63) is 98.0 Å². The van der Waals surface area contributed by atoms with Crippen molar-refractivity contribution in [2.75, 3.05) is 5.32 Å². The summed E-state index contributed by atoms with van der Waals surface area (Å²) in [4.78, 5) is 25.6. The molecule has 4 nitrogen and oxygen atoms in total. The van der Waals surface area contributed by atoms with Crippen LogP contribution in [0, 0.1) is 34.6 Å². The average Bonchev–Trinajstić information content (AvgIpc) is 2.64. The smallest absolute Gasteiger partial charge is 0.261 e. The molecule has 3 aromatic rings. The van der Waals surface area contributed by atoms with Crippen molar-refractivity contribution < 1.29 is 4.79 Å². The van der Waals surface area contributed by atoms with Crippen LogP contribution in [0.2, 0.25) is 0 Å². The molecule has 0 fully saturated rings. The van der Waals surface area contributed by atoms with Crippen molar-refractivity contribution in [3.8, 4) is 0 Å². The third kappa shape index (κ3) is 3.91. The van der Waals surface area contributed by atoms with E-state index < -0.39 is 0 Å². The van der Waals surface area contributed by atoms with Gasteiger partial charge in [0.25, 0.3) is 5.91 Å². The fraction of sp³-hybridized carbons (Fsp3) is 0.250. The predicted octanol–water partition coefficient (Wildman–Crippen LogP) is 4.69. The second-order valence-corrected chi connectivity index (χ2v) is 7.38. The van der Waals surface area contributed by atoms with Gasteiger partial charge in [0.2, 0.25) is 0 Å². The Balaban J connectivity index is 1.99. The van der Waals surface area contributed by atoms with E-state index in [0.717, 1.165) is 28.1 Å². The van der Waals surface area contributed by atoms with Gasteiger partial charge in [0.05, 0.1) is 0 Å². The van der Waals surface area contributed by atoms with Crippen LogP contribution in [0.3, 0.4) is 0 Å². The van der Waals surface area contributed by atoms with Crippen LogP contribution in [0.5, 0.6) is 0 Å². The Morgan fingerprint density at radius 2 is 1.64 bits per heavy atom. The summed E-state index contributed by atoms with van der Waals surface area (Å²) >= 11 is 0. The zero-order valence-corrected chi connectivity index (χ0v) is 17.1. The van der Waals surface area contributed by atoms with Crippen LogP contribution in [-0.4, -0.2) is 10.5 Å². The fourth-order valence-corrected chi connectivity index (χ4v) is 3.38. The van der Waals surface area contributed by atoms with Gasteiger partial charge in [-0.05, 0) is 57.4 Å². The first-order valence-corrected chi connectivity index (χ1v) is 9.42. The highest BCUT2D eigenvalue weighted by Crippen LogP contribution is 2.19. The van der Waals surface area contributed by atoms with Gasteiger partial charge < -0.3 is 9.88 Å². The Hall–Kier alpha value is -3.14. The molecule has 0 bridgehead atoms. The van der Waals surface area contributed by atoms with E-state index in [1.807, 2.05) is 50.5 Å². The summed E-state index contributed by atoms with van der Waals surface area (Å²) in [6.07, 6.45) is 0. The molecule has 0 spiro atoms. The quantitative estimate of drug-likeness (QED) is 0.720. The highest BCUT2D eigenvalue weighted by molar-refractivity contribution is 6.05. The molecular formula is C24H26N2O2. The van der Waals surface area contributed by atoms with E-state index in [2.05, 4.69) is 36.5 Å². The number of rotatable bonds is 4. The van der Waals surface area contributed by atoms with Gasteiger partial charge in [0.15, 0.2) is 5.43 Å². The van der Waals surface area contributed by atoms with Crippen LogP contribution in [0.4, 0.5) is 5.69 Å². The van der Waals surface area contributed by atoms with Crippen molar-refractivity contribution in [2.24, 2.45) is 0 Å². The average molecular weight is 374 g/mol. The molecule has 144 valence electrons. The lowest BCUT2D eigenvalue weighted by Gasteiger charge is -2.18. The van der Waals surface area contributed by atoms with Crippen molar-refractivity contribution in [1.82, 2.24) is 4.57 Å². The highest BCUT2D eigenvalue weighted by atomic mass is 16.2. The molecule has 28 heavy (non-hydrogen) atoms. The van der Waals surface area contributed by atoms with Gasteiger partial charge in [-0.2, -0.15) is 0 Å². The van der Waals surface area contributed by atoms with Crippen molar-refractivity contribution in [1.29, 1.82) is 0 Å². The number of pyridine rings is 1.